The highest BCUT2D eigenvalue weighted by Gasteiger charge is 2.36. The summed E-state index contributed by atoms with van der Waals surface area (Å²) < 4.78 is 0. The molecule has 0 saturated carbocycles. The number of piperidine rings is 2. The van der Waals surface area contributed by atoms with E-state index in [0.29, 0.717) is 5.41 Å². The first-order valence-electron chi connectivity index (χ1n) is 5.38. The predicted octanol–water partition coefficient (Wildman–Crippen LogP) is -0.414. The van der Waals surface area contributed by atoms with Gasteiger partial charge in [0.1, 0.15) is 0 Å². The Morgan fingerprint density at radius 3 is 2.38 bits per heavy atom. The van der Waals surface area contributed by atoms with Crippen molar-refractivity contribution in [1.29, 1.82) is 0 Å². The van der Waals surface area contributed by atoms with Crippen LogP contribution in [0.1, 0.15) is 25.7 Å². The Labute approximate surface area is 81.7 Å². The number of rotatable bonds is 0. The first-order chi connectivity index (χ1) is 6.20. The van der Waals surface area contributed by atoms with Gasteiger partial charge in [-0.2, -0.15) is 0 Å². The molecule has 0 atom stereocenters. The van der Waals surface area contributed by atoms with Crippen LogP contribution >= 0.6 is 0 Å². The van der Waals surface area contributed by atoms with E-state index in [1.807, 2.05) is 5.01 Å². The van der Waals surface area contributed by atoms with Crippen molar-refractivity contribution in [3.63, 3.8) is 0 Å². The predicted molar refractivity (Wildman–Crippen MR) is 56.8 cm³/mol. The third kappa shape index (κ3) is 2.06. The van der Waals surface area contributed by atoms with Gasteiger partial charge in [-0.1, -0.05) is 0 Å². The van der Waals surface area contributed by atoms with Crippen LogP contribution in [0, 0.1) is 5.41 Å². The number of hydrazine groups is 1. The minimum atomic E-state index is 0.614. The maximum Gasteiger partial charge on any atom is 0.185 e. The topological polar surface area (TPSA) is 32.5 Å². The first-order valence-corrected chi connectivity index (χ1v) is 5.38. The summed E-state index contributed by atoms with van der Waals surface area (Å²) in [6, 6.07) is 0. The summed E-state index contributed by atoms with van der Waals surface area (Å²) in [6.45, 7) is 4.76. The maximum atomic E-state index is 5.78. The van der Waals surface area contributed by atoms with E-state index >= 15 is 0 Å². The summed E-state index contributed by atoms with van der Waals surface area (Å²) in [5.74, 6) is 5.78. The standard InChI is InChI=1S/C9H20BN3/c10-12-5-1-2-9(8-12)3-6-13(11)7-4-9/h1-8,10-11H2. The molecular weight excluding hydrogens is 161 g/mol. The van der Waals surface area contributed by atoms with Crippen molar-refractivity contribution >= 4 is 7.98 Å². The van der Waals surface area contributed by atoms with Crippen LogP contribution in [0.3, 0.4) is 0 Å². The lowest BCUT2D eigenvalue weighted by atomic mass is 9.72. The molecule has 0 radical (unpaired) electrons. The molecule has 0 aromatic rings. The monoisotopic (exact) mass is 181 g/mol. The quantitative estimate of drug-likeness (QED) is 0.407. The highest BCUT2D eigenvalue weighted by atomic mass is 15.4. The summed E-state index contributed by atoms with van der Waals surface area (Å²) in [4.78, 5) is 2.48. The maximum absolute atomic E-state index is 5.78. The lowest BCUT2D eigenvalue weighted by Crippen LogP contribution is -2.50. The van der Waals surface area contributed by atoms with Crippen LogP contribution in [0.4, 0.5) is 0 Å². The van der Waals surface area contributed by atoms with E-state index in [-0.39, 0.29) is 0 Å². The zero-order chi connectivity index (χ0) is 9.31. The molecule has 0 aromatic carbocycles. The lowest BCUT2D eigenvalue weighted by molar-refractivity contribution is 0.0532. The van der Waals surface area contributed by atoms with E-state index in [1.165, 1.54) is 38.8 Å². The summed E-state index contributed by atoms with van der Waals surface area (Å²) in [5.41, 5.74) is 0.614. The fraction of sp³-hybridized carbons (Fsp3) is 1.00. The van der Waals surface area contributed by atoms with Crippen LogP contribution in [-0.4, -0.2) is 44.0 Å². The van der Waals surface area contributed by atoms with Crippen LogP contribution in [0.2, 0.25) is 0 Å². The summed E-state index contributed by atoms with van der Waals surface area (Å²) in [6.07, 6.45) is 5.40. The fourth-order valence-corrected chi connectivity index (χ4v) is 2.86. The Hall–Kier alpha value is -0.0551. The third-order valence-electron chi connectivity index (χ3n) is 3.71. The van der Waals surface area contributed by atoms with Crippen LogP contribution in [0.5, 0.6) is 0 Å². The van der Waals surface area contributed by atoms with Gasteiger partial charge in [0.2, 0.25) is 0 Å². The minimum Gasteiger partial charge on any atom is -0.348 e. The molecule has 0 unspecified atom stereocenters. The van der Waals surface area contributed by atoms with E-state index in [2.05, 4.69) is 12.8 Å². The van der Waals surface area contributed by atoms with Crippen LogP contribution < -0.4 is 5.84 Å². The molecule has 2 heterocycles. The Kier molecular flexibility index (Phi) is 2.63. The van der Waals surface area contributed by atoms with Crippen molar-refractivity contribution in [3.8, 4) is 0 Å². The molecular formula is C9H20BN3. The van der Waals surface area contributed by atoms with Gasteiger partial charge < -0.3 is 4.81 Å². The Morgan fingerprint density at radius 1 is 1.08 bits per heavy atom. The molecule has 2 N–H and O–H groups in total. The number of nitrogens with two attached hydrogens (primary N) is 1. The second-order valence-electron chi connectivity index (χ2n) is 4.88. The molecule has 0 aromatic heterocycles. The molecule has 3 nitrogen and oxygen atoms in total. The number of hydrogen-bond acceptors (Lipinski definition) is 3. The summed E-state index contributed by atoms with van der Waals surface area (Å²) in [5, 5.41) is 1.97. The molecule has 2 aliphatic heterocycles. The van der Waals surface area contributed by atoms with Gasteiger partial charge in [0.05, 0.1) is 0 Å². The third-order valence-corrected chi connectivity index (χ3v) is 3.71. The zero-order valence-electron chi connectivity index (χ0n) is 8.63. The van der Waals surface area contributed by atoms with Gasteiger partial charge in [0.15, 0.2) is 7.98 Å². The van der Waals surface area contributed by atoms with Gasteiger partial charge in [-0.15, -0.1) is 0 Å². The van der Waals surface area contributed by atoms with Crippen molar-refractivity contribution in [2.45, 2.75) is 25.7 Å². The molecule has 2 fully saturated rings. The van der Waals surface area contributed by atoms with Gasteiger partial charge >= 0.3 is 0 Å². The van der Waals surface area contributed by atoms with Crippen LogP contribution in [0.15, 0.2) is 0 Å². The van der Waals surface area contributed by atoms with Crippen molar-refractivity contribution in [3.05, 3.63) is 0 Å². The Bertz CT molecular complexity index is 178. The van der Waals surface area contributed by atoms with E-state index in [9.17, 15) is 0 Å². The van der Waals surface area contributed by atoms with Gasteiger partial charge in [-0.3, -0.25) is 5.84 Å². The van der Waals surface area contributed by atoms with Gasteiger partial charge in [0, 0.05) is 13.1 Å². The Morgan fingerprint density at radius 2 is 1.77 bits per heavy atom. The van der Waals surface area contributed by atoms with Crippen LogP contribution in [0.25, 0.3) is 0 Å². The van der Waals surface area contributed by atoms with E-state index in [0.717, 1.165) is 13.1 Å². The molecule has 1 spiro atoms. The molecule has 0 aliphatic carbocycles. The average Bonchev–Trinajstić information content (AvgIpc) is 2.11. The van der Waals surface area contributed by atoms with Gasteiger partial charge in [-0.05, 0) is 44.2 Å². The van der Waals surface area contributed by atoms with Gasteiger partial charge in [-0.25, -0.2) is 5.01 Å². The number of hydrogen-bond donors (Lipinski definition) is 1. The molecule has 74 valence electrons. The van der Waals surface area contributed by atoms with Gasteiger partial charge in [0.25, 0.3) is 0 Å². The second-order valence-corrected chi connectivity index (χ2v) is 4.88. The van der Waals surface area contributed by atoms with E-state index < -0.39 is 0 Å². The molecule has 2 rings (SSSR count). The molecule has 0 amide bonds. The minimum absolute atomic E-state index is 0.614. The molecule has 2 aliphatic rings. The average molecular weight is 181 g/mol. The van der Waals surface area contributed by atoms with E-state index in [4.69, 9.17) is 5.84 Å². The van der Waals surface area contributed by atoms with E-state index in [1.54, 1.807) is 0 Å². The molecule has 2 saturated heterocycles. The molecule has 13 heavy (non-hydrogen) atoms. The number of nitrogens with zero attached hydrogens (tertiary/aromatic N) is 2. The summed E-state index contributed by atoms with van der Waals surface area (Å²) >= 11 is 0. The molecule has 0 bridgehead atoms. The van der Waals surface area contributed by atoms with Crippen molar-refractivity contribution in [2.75, 3.05) is 26.2 Å². The zero-order valence-corrected chi connectivity index (χ0v) is 8.63. The van der Waals surface area contributed by atoms with Crippen LogP contribution in [-0.2, 0) is 0 Å². The SMILES string of the molecule is BN1CCCC2(CCN(N)CC2)C1. The second kappa shape index (κ2) is 3.60. The first kappa shape index (κ1) is 9.50. The van der Waals surface area contributed by atoms with Crippen molar-refractivity contribution < 1.29 is 0 Å². The Balaban J connectivity index is 1.95. The molecule has 4 heteroatoms. The lowest BCUT2D eigenvalue weighted by Gasteiger charge is -2.46. The largest absolute Gasteiger partial charge is 0.348 e. The summed E-state index contributed by atoms with van der Waals surface area (Å²) in [7, 11) is 2.25. The normalized spacial score (nSPS) is 30.8. The highest BCUT2D eigenvalue weighted by Crippen LogP contribution is 2.38. The highest BCUT2D eigenvalue weighted by molar-refractivity contribution is 6.04. The smallest absolute Gasteiger partial charge is 0.185 e. The van der Waals surface area contributed by atoms with Crippen molar-refractivity contribution in [1.82, 2.24) is 9.82 Å². The van der Waals surface area contributed by atoms with Crippen molar-refractivity contribution in [2.24, 2.45) is 11.3 Å². The fourth-order valence-electron chi connectivity index (χ4n) is 2.86.